The number of nitrogens with zero attached hydrogens (tertiary/aromatic N) is 4. The number of hydrogen-bond donors (Lipinski definition) is 1. The number of nitriles is 1. The number of pyridine rings is 1. The first kappa shape index (κ1) is 34.3. The smallest absolute Gasteiger partial charge is 0.422 e. The number of ether oxygens (including phenoxy) is 1. The summed E-state index contributed by atoms with van der Waals surface area (Å²) in [4.78, 5) is 34.3. The van der Waals surface area contributed by atoms with Crippen molar-refractivity contribution in [1.29, 1.82) is 5.26 Å². The second-order valence-electron chi connectivity index (χ2n) is 11.6. The van der Waals surface area contributed by atoms with Gasteiger partial charge in [-0.25, -0.2) is 17.2 Å². The van der Waals surface area contributed by atoms with Crippen molar-refractivity contribution >= 4 is 49.2 Å². The van der Waals surface area contributed by atoms with Crippen LogP contribution in [0, 0.1) is 11.3 Å². The Kier molecular flexibility index (Phi) is 9.32. The van der Waals surface area contributed by atoms with E-state index < -0.39 is 92.5 Å². The summed E-state index contributed by atoms with van der Waals surface area (Å²) in [5, 5.41) is 10.3. The normalized spacial score (nSPS) is 22.2. The van der Waals surface area contributed by atoms with Gasteiger partial charge in [-0.2, -0.15) is 18.4 Å². The van der Waals surface area contributed by atoms with Crippen LogP contribution in [-0.2, 0) is 24.8 Å². The van der Waals surface area contributed by atoms with Crippen LogP contribution in [0.4, 0.5) is 22.0 Å². The molecule has 2 aromatic rings. The molecule has 2 aliphatic heterocycles. The molecule has 3 fully saturated rings. The Morgan fingerprint density at radius 3 is 2.46 bits per heavy atom. The van der Waals surface area contributed by atoms with Crippen molar-refractivity contribution in [2.75, 3.05) is 32.8 Å². The number of aromatic nitrogens is 1. The fourth-order valence-corrected chi connectivity index (χ4v) is 8.20. The number of hydrogen-bond acceptors (Lipinski definition) is 8. The van der Waals surface area contributed by atoms with Crippen LogP contribution in [0.5, 0.6) is 5.75 Å². The van der Waals surface area contributed by atoms with Crippen LogP contribution in [0.25, 0.3) is 0 Å². The van der Waals surface area contributed by atoms with Crippen LogP contribution in [-0.4, -0.2) is 97.2 Å². The molecule has 1 N–H and O–H groups in total. The maximum Gasteiger partial charge on any atom is 0.422 e. The van der Waals surface area contributed by atoms with Crippen molar-refractivity contribution in [3.63, 3.8) is 0 Å². The van der Waals surface area contributed by atoms with E-state index in [1.807, 2.05) is 6.07 Å². The number of halogens is 7. The topological polar surface area (TPSA) is 133 Å². The number of alkyl halides is 5. The molecule has 1 unspecified atom stereocenters. The van der Waals surface area contributed by atoms with E-state index in [0.717, 1.165) is 23.1 Å². The highest BCUT2D eigenvalue weighted by molar-refractivity contribution is 9.10. The van der Waals surface area contributed by atoms with Gasteiger partial charge in [0.1, 0.15) is 22.7 Å². The molecule has 2 amide bonds. The molecular formula is C28H26BrClF5N5O5S. The molecular weight excluding hydrogens is 729 g/mol. The number of amides is 2. The minimum Gasteiger partial charge on any atom is -0.484 e. The maximum absolute atomic E-state index is 14.4. The van der Waals surface area contributed by atoms with Gasteiger partial charge in [0.05, 0.1) is 33.5 Å². The molecule has 3 heterocycles. The van der Waals surface area contributed by atoms with E-state index in [0.29, 0.717) is 17.3 Å². The molecule has 2 atom stereocenters. The van der Waals surface area contributed by atoms with E-state index in [9.17, 15) is 45.2 Å². The fourth-order valence-electron chi connectivity index (χ4n) is 5.73. The third-order valence-corrected chi connectivity index (χ3v) is 11.3. The Labute approximate surface area is 273 Å². The minimum atomic E-state index is -4.64. The molecule has 1 saturated carbocycles. The van der Waals surface area contributed by atoms with E-state index in [1.54, 1.807) is 6.07 Å². The Morgan fingerprint density at radius 1 is 1.22 bits per heavy atom. The van der Waals surface area contributed by atoms with E-state index >= 15 is 0 Å². The molecule has 1 aromatic carbocycles. The molecule has 0 bridgehead atoms. The van der Waals surface area contributed by atoms with Crippen molar-refractivity contribution in [2.45, 2.75) is 59.0 Å². The fraction of sp³-hybridized carbons (Fsp3) is 0.500. The standard InChI is InChI=1S/C28H26BrClF5N5O5S/c29-16-1-4-22(37-9-16)27(13-39(14-27)11-23(31)32)25(42)40-10-18(8-20(40)24(41)38-26(12-36)5-6-26)46(43,44)21-3-2-17(7-19(21)30)45-15-28(33,34)35/h1-4,7,9,18,20,23H,5-6,8,10-11,13-15H2,(H,38,41)/t18?,20-/m0/s1. The van der Waals surface area contributed by atoms with E-state index in [2.05, 4.69) is 31.0 Å². The molecule has 248 valence electrons. The summed E-state index contributed by atoms with van der Waals surface area (Å²) in [5.41, 5.74) is -2.38. The molecule has 5 rings (SSSR count). The van der Waals surface area contributed by atoms with Crippen LogP contribution in [0.3, 0.4) is 0 Å². The summed E-state index contributed by atoms with van der Waals surface area (Å²) >= 11 is 9.46. The number of carbonyl (C=O) groups is 2. The van der Waals surface area contributed by atoms with Gasteiger partial charge >= 0.3 is 6.18 Å². The molecule has 0 spiro atoms. The molecule has 1 aromatic heterocycles. The van der Waals surface area contributed by atoms with Gasteiger partial charge in [0.2, 0.25) is 11.8 Å². The molecule has 46 heavy (non-hydrogen) atoms. The van der Waals surface area contributed by atoms with E-state index in [4.69, 9.17) is 11.6 Å². The van der Waals surface area contributed by atoms with Gasteiger partial charge < -0.3 is 15.0 Å². The number of carbonyl (C=O) groups excluding carboxylic acids is 2. The van der Waals surface area contributed by atoms with Gasteiger partial charge in [-0.05, 0) is 59.5 Å². The highest BCUT2D eigenvalue weighted by atomic mass is 79.9. The number of sulfone groups is 1. The Balaban J connectivity index is 1.47. The van der Waals surface area contributed by atoms with Gasteiger partial charge in [0.15, 0.2) is 16.4 Å². The molecule has 10 nitrogen and oxygen atoms in total. The van der Waals surface area contributed by atoms with Crippen LogP contribution < -0.4 is 10.1 Å². The molecule has 0 radical (unpaired) electrons. The van der Waals surface area contributed by atoms with Crippen molar-refractivity contribution in [3.8, 4) is 11.8 Å². The third kappa shape index (κ3) is 6.95. The SMILES string of the molecule is N#CC1(NC(=O)[C@@H]2CC(S(=O)(=O)c3ccc(OCC(F)(F)F)cc3Cl)CN2C(=O)C2(c3ccc(Br)cn3)CN(CC(F)F)C2)CC1. The van der Waals surface area contributed by atoms with Gasteiger partial charge in [0.25, 0.3) is 6.43 Å². The summed E-state index contributed by atoms with van der Waals surface area (Å²) in [5.74, 6) is -1.78. The van der Waals surface area contributed by atoms with Crippen molar-refractivity contribution in [1.82, 2.24) is 20.1 Å². The van der Waals surface area contributed by atoms with Crippen molar-refractivity contribution in [3.05, 3.63) is 51.7 Å². The summed E-state index contributed by atoms with van der Waals surface area (Å²) in [6, 6.07) is 6.73. The highest BCUT2D eigenvalue weighted by Crippen LogP contribution is 2.41. The first-order chi connectivity index (χ1) is 21.5. The zero-order valence-electron chi connectivity index (χ0n) is 23.7. The highest BCUT2D eigenvalue weighted by Gasteiger charge is 2.58. The molecule has 2 saturated heterocycles. The number of rotatable bonds is 10. The summed E-state index contributed by atoms with van der Waals surface area (Å²) < 4.78 is 97.1. The zero-order valence-corrected chi connectivity index (χ0v) is 26.9. The maximum atomic E-state index is 14.4. The lowest BCUT2D eigenvalue weighted by atomic mass is 9.74. The lowest BCUT2D eigenvalue weighted by Gasteiger charge is -2.50. The monoisotopic (exact) mass is 753 g/mol. The number of likely N-dealkylation sites (tertiary alicyclic amines) is 2. The first-order valence-corrected chi connectivity index (χ1v) is 16.6. The average Bonchev–Trinajstić information content (AvgIpc) is 3.57. The predicted octanol–water partition coefficient (Wildman–Crippen LogP) is 3.87. The largest absolute Gasteiger partial charge is 0.484 e. The van der Waals surface area contributed by atoms with Gasteiger partial charge in [0, 0.05) is 36.4 Å². The Hall–Kier alpha value is -3.07. The first-order valence-electron chi connectivity index (χ1n) is 13.9. The lowest BCUT2D eigenvalue weighted by molar-refractivity contribution is -0.153. The second kappa shape index (κ2) is 12.5. The second-order valence-corrected chi connectivity index (χ2v) is 15.1. The summed E-state index contributed by atoms with van der Waals surface area (Å²) in [6.07, 6.45) is -5.56. The third-order valence-electron chi connectivity index (χ3n) is 8.21. The van der Waals surface area contributed by atoms with Crippen molar-refractivity contribution < 1.29 is 44.7 Å². The number of benzene rings is 1. The van der Waals surface area contributed by atoms with Gasteiger partial charge in [-0.1, -0.05) is 11.6 Å². The van der Waals surface area contributed by atoms with Crippen LogP contribution >= 0.6 is 27.5 Å². The predicted molar refractivity (Wildman–Crippen MR) is 156 cm³/mol. The van der Waals surface area contributed by atoms with Gasteiger partial charge in [-0.3, -0.25) is 19.5 Å². The van der Waals surface area contributed by atoms with Gasteiger partial charge in [-0.15, -0.1) is 0 Å². The van der Waals surface area contributed by atoms with E-state index in [1.165, 1.54) is 17.2 Å². The van der Waals surface area contributed by atoms with E-state index in [-0.39, 0.29) is 24.5 Å². The zero-order chi connectivity index (χ0) is 33.7. The van der Waals surface area contributed by atoms with Crippen molar-refractivity contribution in [2.24, 2.45) is 0 Å². The Bertz CT molecular complexity index is 1660. The number of nitrogens with one attached hydrogen (secondary N) is 1. The lowest BCUT2D eigenvalue weighted by Crippen LogP contribution is -2.68. The van der Waals surface area contributed by atoms with Crippen LogP contribution in [0.2, 0.25) is 5.02 Å². The summed E-state index contributed by atoms with van der Waals surface area (Å²) in [7, 11) is -4.41. The Morgan fingerprint density at radius 2 is 1.91 bits per heavy atom. The minimum absolute atomic E-state index is 0.166. The summed E-state index contributed by atoms with van der Waals surface area (Å²) in [6.45, 7) is -3.06. The quantitative estimate of drug-likeness (QED) is 0.362. The van der Waals surface area contributed by atoms with Crippen LogP contribution in [0.1, 0.15) is 25.0 Å². The molecule has 18 heteroatoms. The molecule has 1 aliphatic carbocycles. The molecule has 3 aliphatic rings. The average molecular weight is 755 g/mol. The van der Waals surface area contributed by atoms with Crippen LogP contribution in [0.15, 0.2) is 45.9 Å².